The van der Waals surface area contributed by atoms with Crippen LogP contribution in [-0.4, -0.2) is 27.9 Å². The Morgan fingerprint density at radius 2 is 0.684 bits per heavy atom. The van der Waals surface area contributed by atoms with E-state index in [2.05, 4.69) is 188 Å². The van der Waals surface area contributed by atoms with Gasteiger partial charge >= 0.3 is 0 Å². The number of hydrogen-bond acceptors (Lipinski definition) is 3. The van der Waals surface area contributed by atoms with Gasteiger partial charge in [0.2, 0.25) is 11.6 Å². The quantitative estimate of drug-likeness (QED) is 0.171. The molecule has 8 aromatic carbocycles. The number of fused-ring (bicyclic) bond motifs is 10. The largest absolute Gasteiger partial charge is 0.457 e. The maximum Gasteiger partial charge on any atom is 0.220 e. The molecule has 0 radical (unpaired) electrons. The smallest absolute Gasteiger partial charge is 0.220 e. The Morgan fingerprint density at radius 1 is 0.316 bits per heavy atom. The fourth-order valence-electron chi connectivity index (χ4n) is 8.48. The lowest BCUT2D eigenvalue weighted by Crippen LogP contribution is -1.99. The van der Waals surface area contributed by atoms with Gasteiger partial charge in [-0.2, -0.15) is 0 Å². The van der Waals surface area contributed by atoms with E-state index in [1.807, 2.05) is 24.3 Å². The van der Waals surface area contributed by atoms with Crippen molar-refractivity contribution in [3.8, 4) is 45.1 Å². The predicted molar refractivity (Wildman–Crippen MR) is 230 cm³/mol. The number of imidazole rings is 4. The lowest BCUT2D eigenvalue weighted by atomic mass is 10.0. The van der Waals surface area contributed by atoms with Crippen LogP contribution >= 0.6 is 0 Å². The van der Waals surface area contributed by atoms with Crippen LogP contribution in [0.4, 0.5) is 0 Å². The van der Waals surface area contributed by atoms with E-state index in [0.29, 0.717) is 11.5 Å². The molecule has 0 N–H and O–H groups in total. The summed E-state index contributed by atoms with van der Waals surface area (Å²) in [4.78, 5) is 10.3. The molecule has 0 aliphatic heterocycles. The van der Waals surface area contributed by atoms with Crippen molar-refractivity contribution in [3.05, 3.63) is 194 Å². The van der Waals surface area contributed by atoms with Crippen molar-refractivity contribution in [1.82, 2.24) is 27.9 Å². The second-order valence-electron chi connectivity index (χ2n) is 14.4. The second kappa shape index (κ2) is 12.3. The molecule has 268 valence electrons. The third-order valence-electron chi connectivity index (χ3n) is 11.0. The van der Waals surface area contributed by atoms with Gasteiger partial charge in [0.15, 0.2) is 0 Å². The molecule has 4 aromatic heterocycles. The van der Waals surface area contributed by atoms with Crippen LogP contribution < -0.4 is 4.74 Å². The highest BCUT2D eigenvalue weighted by Gasteiger charge is 2.21. The van der Waals surface area contributed by atoms with Crippen LogP contribution in [-0.2, 0) is 0 Å². The highest BCUT2D eigenvalue weighted by Crippen LogP contribution is 2.38. The molecule has 0 amide bonds. The topological polar surface area (TPSA) is 53.7 Å². The summed E-state index contributed by atoms with van der Waals surface area (Å²) in [7, 11) is 0. The van der Waals surface area contributed by atoms with Gasteiger partial charge in [0.1, 0.15) is 11.5 Å². The minimum absolute atomic E-state index is 0.712. The molecule has 0 bridgehead atoms. The average molecular weight is 733 g/mol. The Hall–Kier alpha value is -7.90. The number of nitrogens with zero attached hydrogens (tertiary/aromatic N) is 6. The van der Waals surface area contributed by atoms with E-state index in [1.165, 1.54) is 0 Å². The summed E-state index contributed by atoms with van der Waals surface area (Å²) >= 11 is 0. The molecule has 0 spiro atoms. The van der Waals surface area contributed by atoms with E-state index < -0.39 is 0 Å². The SMILES string of the molecule is c1ccc(-c2cc(Oc3cc(-c4ccccc4)cc(-n4c5ccccc5n5c6ccccc6nc45)c3)cc(-n3c4ccccc4n4c5ccccc5nc34)c2)cc1. The summed E-state index contributed by atoms with van der Waals surface area (Å²) in [6.07, 6.45) is 0. The van der Waals surface area contributed by atoms with E-state index in [0.717, 1.165) is 89.3 Å². The van der Waals surface area contributed by atoms with Gasteiger partial charge in [-0.25, -0.2) is 9.97 Å². The number of hydrogen-bond donors (Lipinski definition) is 0. The van der Waals surface area contributed by atoms with Gasteiger partial charge in [0.05, 0.1) is 55.5 Å². The highest BCUT2D eigenvalue weighted by atomic mass is 16.5. The van der Waals surface area contributed by atoms with Crippen LogP contribution in [0, 0.1) is 0 Å². The Kier molecular flexibility index (Phi) is 6.79. The van der Waals surface area contributed by atoms with Crippen molar-refractivity contribution in [2.45, 2.75) is 0 Å². The molecule has 0 unspecified atom stereocenters. The molecular formula is C50H32N6O. The van der Waals surface area contributed by atoms with Crippen molar-refractivity contribution in [2.75, 3.05) is 0 Å². The maximum atomic E-state index is 7.07. The standard InChI is InChI=1S/C50H32N6O/c1-3-15-33(16-4-1)35-27-37(53-45-23-11-13-25-47(45)55-43-21-9-7-19-41(43)51-49(53)55)31-39(29-35)57-40-30-36(34-17-5-2-6-18-34)28-38(32-40)54-46-24-12-14-26-48(46)56-44-22-10-8-20-42(44)52-50(54)56/h1-32H. The van der Waals surface area contributed by atoms with Crippen LogP contribution in [0.2, 0.25) is 0 Å². The monoisotopic (exact) mass is 732 g/mol. The van der Waals surface area contributed by atoms with Gasteiger partial charge in [0, 0.05) is 12.1 Å². The first-order chi connectivity index (χ1) is 28.2. The van der Waals surface area contributed by atoms with E-state index in [1.54, 1.807) is 0 Å². The summed E-state index contributed by atoms with van der Waals surface area (Å²) in [5.74, 6) is 3.11. The van der Waals surface area contributed by atoms with Gasteiger partial charge in [0.25, 0.3) is 0 Å². The molecule has 7 nitrogen and oxygen atoms in total. The molecule has 12 rings (SSSR count). The molecule has 7 heteroatoms. The van der Waals surface area contributed by atoms with Crippen molar-refractivity contribution in [2.24, 2.45) is 0 Å². The molecule has 0 fully saturated rings. The first kappa shape index (κ1) is 31.5. The van der Waals surface area contributed by atoms with Gasteiger partial charge in [-0.3, -0.25) is 17.9 Å². The molecule has 4 heterocycles. The number of rotatable bonds is 6. The molecule has 0 saturated heterocycles. The zero-order valence-electron chi connectivity index (χ0n) is 30.6. The van der Waals surface area contributed by atoms with Crippen molar-refractivity contribution in [1.29, 1.82) is 0 Å². The summed E-state index contributed by atoms with van der Waals surface area (Å²) in [6, 6.07) is 67.5. The van der Waals surface area contributed by atoms with E-state index in [-0.39, 0.29) is 0 Å². The number of para-hydroxylation sites is 8. The number of aromatic nitrogens is 6. The van der Waals surface area contributed by atoms with Crippen molar-refractivity contribution >= 4 is 55.7 Å². The van der Waals surface area contributed by atoms with Gasteiger partial charge in [-0.1, -0.05) is 109 Å². The highest BCUT2D eigenvalue weighted by molar-refractivity contribution is 5.94. The zero-order chi connectivity index (χ0) is 37.5. The Morgan fingerprint density at radius 3 is 1.12 bits per heavy atom. The molecule has 0 saturated carbocycles. The van der Waals surface area contributed by atoms with E-state index >= 15 is 0 Å². The summed E-state index contributed by atoms with van der Waals surface area (Å²) in [5.41, 5.74) is 14.5. The molecule has 12 aromatic rings. The molecular weight excluding hydrogens is 701 g/mol. The number of ether oxygens (including phenoxy) is 1. The van der Waals surface area contributed by atoms with Crippen LogP contribution in [0.3, 0.4) is 0 Å². The molecule has 57 heavy (non-hydrogen) atoms. The third-order valence-corrected chi connectivity index (χ3v) is 11.0. The van der Waals surface area contributed by atoms with Crippen molar-refractivity contribution in [3.63, 3.8) is 0 Å². The normalized spacial score (nSPS) is 11.9. The summed E-state index contributed by atoms with van der Waals surface area (Å²) < 4.78 is 16.0. The van der Waals surface area contributed by atoms with Gasteiger partial charge in [-0.05, 0) is 95.1 Å². The summed E-state index contributed by atoms with van der Waals surface area (Å²) in [5, 5.41) is 0. The fourth-order valence-corrected chi connectivity index (χ4v) is 8.48. The average Bonchev–Trinajstić information content (AvgIpc) is 4.00. The lowest BCUT2D eigenvalue weighted by Gasteiger charge is -2.16. The van der Waals surface area contributed by atoms with Crippen LogP contribution in [0.1, 0.15) is 0 Å². The Balaban J connectivity index is 1.09. The van der Waals surface area contributed by atoms with E-state index in [9.17, 15) is 0 Å². The van der Waals surface area contributed by atoms with E-state index in [4.69, 9.17) is 14.7 Å². The lowest BCUT2D eigenvalue weighted by molar-refractivity contribution is 0.482. The summed E-state index contributed by atoms with van der Waals surface area (Å²) in [6.45, 7) is 0. The minimum Gasteiger partial charge on any atom is -0.457 e. The van der Waals surface area contributed by atoms with Crippen molar-refractivity contribution < 1.29 is 4.74 Å². The number of benzene rings is 8. The Bertz CT molecular complexity index is 3270. The minimum atomic E-state index is 0.712. The predicted octanol–water partition coefficient (Wildman–Crippen LogP) is 12.3. The second-order valence-corrected chi connectivity index (χ2v) is 14.4. The first-order valence-corrected chi connectivity index (χ1v) is 19.1. The van der Waals surface area contributed by atoms with Gasteiger partial charge < -0.3 is 4.74 Å². The molecule has 0 atom stereocenters. The zero-order valence-corrected chi connectivity index (χ0v) is 30.6. The molecule has 0 aliphatic rings. The maximum absolute atomic E-state index is 7.07. The van der Waals surface area contributed by atoms with Crippen LogP contribution in [0.15, 0.2) is 194 Å². The van der Waals surface area contributed by atoms with Gasteiger partial charge in [-0.15, -0.1) is 0 Å². The molecule has 0 aliphatic carbocycles. The van der Waals surface area contributed by atoms with Crippen LogP contribution in [0.5, 0.6) is 11.5 Å². The first-order valence-electron chi connectivity index (χ1n) is 19.1. The fraction of sp³-hybridized carbons (Fsp3) is 0. The third kappa shape index (κ3) is 4.92. The Labute approximate surface area is 326 Å². The van der Waals surface area contributed by atoms with Crippen LogP contribution in [0.25, 0.3) is 89.3 Å².